The van der Waals surface area contributed by atoms with Crippen molar-refractivity contribution in [2.24, 2.45) is 0 Å². The summed E-state index contributed by atoms with van der Waals surface area (Å²) in [5.41, 5.74) is 2.98. The molecule has 0 bridgehead atoms. The minimum Gasteiger partial charge on any atom is -0.493 e. The van der Waals surface area contributed by atoms with E-state index in [0.29, 0.717) is 16.5 Å². The first-order chi connectivity index (χ1) is 9.97. The first-order valence-corrected chi connectivity index (χ1v) is 8.18. The number of ether oxygens (including phenoxy) is 2. The maximum Gasteiger partial charge on any atom is 0.161 e. The lowest BCUT2D eigenvalue weighted by Crippen LogP contribution is -2.00. The zero-order valence-electron chi connectivity index (χ0n) is 11.9. The highest BCUT2D eigenvalue weighted by Gasteiger charge is 2.17. The Labute approximate surface area is 148 Å². The summed E-state index contributed by atoms with van der Waals surface area (Å²) in [6.07, 6.45) is 0. The Bertz CT molecular complexity index is 659. The van der Waals surface area contributed by atoms with Gasteiger partial charge < -0.3 is 9.47 Å². The van der Waals surface area contributed by atoms with Crippen molar-refractivity contribution in [3.05, 3.63) is 55.6 Å². The van der Waals surface area contributed by atoms with Crippen LogP contribution in [0, 0.1) is 10.5 Å². The Balaban J connectivity index is 2.47. The number of halogens is 3. The lowest BCUT2D eigenvalue weighted by Gasteiger charge is -2.17. The van der Waals surface area contributed by atoms with Crippen molar-refractivity contribution in [2.75, 3.05) is 14.2 Å². The molecule has 0 aliphatic rings. The van der Waals surface area contributed by atoms with E-state index in [2.05, 4.69) is 22.6 Å². The summed E-state index contributed by atoms with van der Waals surface area (Å²) in [6, 6.07) is 9.69. The molecule has 0 aliphatic carbocycles. The number of hydrogen-bond acceptors (Lipinski definition) is 2. The predicted molar refractivity (Wildman–Crippen MR) is 96.1 cm³/mol. The Morgan fingerprint density at radius 3 is 2.24 bits per heavy atom. The van der Waals surface area contributed by atoms with E-state index in [1.807, 2.05) is 37.3 Å². The van der Waals surface area contributed by atoms with Crippen LogP contribution in [0.3, 0.4) is 0 Å². The molecule has 5 heteroatoms. The second-order valence-corrected chi connectivity index (χ2v) is 6.61. The molecule has 0 amide bonds. The first-order valence-electron chi connectivity index (χ1n) is 6.29. The van der Waals surface area contributed by atoms with E-state index in [1.54, 1.807) is 14.2 Å². The van der Waals surface area contributed by atoms with E-state index in [4.69, 9.17) is 32.7 Å². The minimum atomic E-state index is -0.292. The van der Waals surface area contributed by atoms with Crippen molar-refractivity contribution in [2.45, 2.75) is 12.3 Å². The molecule has 112 valence electrons. The van der Waals surface area contributed by atoms with Crippen LogP contribution in [0.4, 0.5) is 0 Å². The van der Waals surface area contributed by atoms with Crippen molar-refractivity contribution in [3.8, 4) is 11.5 Å². The second-order valence-electron chi connectivity index (χ2n) is 4.60. The van der Waals surface area contributed by atoms with Crippen molar-refractivity contribution in [1.82, 2.24) is 0 Å². The average Bonchev–Trinajstić information content (AvgIpc) is 2.49. The van der Waals surface area contributed by atoms with Gasteiger partial charge in [-0.05, 0) is 70.5 Å². The lowest BCUT2D eigenvalue weighted by atomic mass is 9.99. The van der Waals surface area contributed by atoms with E-state index in [-0.39, 0.29) is 5.38 Å². The lowest BCUT2D eigenvalue weighted by molar-refractivity contribution is 0.354. The van der Waals surface area contributed by atoms with Crippen molar-refractivity contribution < 1.29 is 9.47 Å². The molecular weight excluding hydrogens is 422 g/mol. The molecule has 0 spiro atoms. The highest BCUT2D eigenvalue weighted by Crippen LogP contribution is 2.38. The van der Waals surface area contributed by atoms with Crippen LogP contribution in [0.1, 0.15) is 22.1 Å². The number of aryl methyl sites for hydroxylation is 1. The maximum absolute atomic E-state index is 6.63. The van der Waals surface area contributed by atoms with E-state index < -0.39 is 0 Å². The Kier molecular flexibility index (Phi) is 5.63. The minimum absolute atomic E-state index is 0.292. The predicted octanol–water partition coefficient (Wildman–Crippen LogP) is 5.60. The summed E-state index contributed by atoms with van der Waals surface area (Å²) in [6.45, 7) is 2.00. The number of methoxy groups -OCH3 is 2. The summed E-state index contributed by atoms with van der Waals surface area (Å²) >= 11 is 15.0. The molecule has 21 heavy (non-hydrogen) atoms. The van der Waals surface area contributed by atoms with Gasteiger partial charge in [0, 0.05) is 3.57 Å². The Morgan fingerprint density at radius 1 is 1.05 bits per heavy atom. The fourth-order valence-corrected chi connectivity index (χ4v) is 3.01. The quantitative estimate of drug-likeness (QED) is 0.458. The smallest absolute Gasteiger partial charge is 0.161 e. The molecule has 0 heterocycles. The van der Waals surface area contributed by atoms with Gasteiger partial charge in [0.2, 0.25) is 0 Å². The van der Waals surface area contributed by atoms with Crippen LogP contribution >= 0.6 is 45.8 Å². The van der Waals surface area contributed by atoms with Crippen molar-refractivity contribution in [3.63, 3.8) is 0 Å². The van der Waals surface area contributed by atoms with Gasteiger partial charge in [-0.15, -0.1) is 11.6 Å². The molecule has 0 radical (unpaired) electrons. The van der Waals surface area contributed by atoms with Crippen LogP contribution in [-0.4, -0.2) is 14.2 Å². The molecular formula is C16H15Cl2IO2. The fourth-order valence-electron chi connectivity index (χ4n) is 2.12. The molecule has 2 aromatic carbocycles. The molecule has 1 unspecified atom stereocenters. The summed E-state index contributed by atoms with van der Waals surface area (Å²) < 4.78 is 11.7. The summed E-state index contributed by atoms with van der Waals surface area (Å²) in [4.78, 5) is 0. The van der Waals surface area contributed by atoms with Crippen molar-refractivity contribution >= 4 is 45.8 Å². The maximum atomic E-state index is 6.63. The third-order valence-corrected chi connectivity index (χ3v) is 5.34. The third kappa shape index (κ3) is 3.58. The zero-order valence-corrected chi connectivity index (χ0v) is 15.6. The van der Waals surface area contributed by atoms with E-state index >= 15 is 0 Å². The van der Waals surface area contributed by atoms with Gasteiger partial charge in [-0.25, -0.2) is 0 Å². The first kappa shape index (κ1) is 16.7. The van der Waals surface area contributed by atoms with Crippen LogP contribution < -0.4 is 9.47 Å². The van der Waals surface area contributed by atoms with Crippen LogP contribution in [-0.2, 0) is 0 Å². The average molecular weight is 437 g/mol. The van der Waals surface area contributed by atoms with Crippen LogP contribution in [0.25, 0.3) is 0 Å². The normalized spacial score (nSPS) is 12.1. The largest absolute Gasteiger partial charge is 0.493 e. The number of hydrogen-bond donors (Lipinski definition) is 0. The Morgan fingerprint density at radius 2 is 1.67 bits per heavy atom. The van der Waals surface area contributed by atoms with Gasteiger partial charge in [-0.1, -0.05) is 17.7 Å². The fraction of sp³-hybridized carbons (Fsp3) is 0.250. The molecule has 2 rings (SSSR count). The highest BCUT2D eigenvalue weighted by atomic mass is 127. The van der Waals surface area contributed by atoms with Crippen molar-refractivity contribution in [1.29, 1.82) is 0 Å². The zero-order chi connectivity index (χ0) is 15.6. The van der Waals surface area contributed by atoms with Gasteiger partial charge in [0.1, 0.15) is 0 Å². The summed E-state index contributed by atoms with van der Waals surface area (Å²) in [7, 11) is 3.23. The standard InChI is InChI=1S/C16H15Cl2IO2/c1-9-6-14(20-2)15(21-3)8-11(9)16(18)10-4-5-13(19)12(17)7-10/h4-8,16H,1-3H3. The van der Waals surface area contributed by atoms with Crippen LogP contribution in [0.2, 0.25) is 5.02 Å². The molecule has 2 aromatic rings. The highest BCUT2D eigenvalue weighted by molar-refractivity contribution is 14.1. The molecule has 0 N–H and O–H groups in total. The van der Waals surface area contributed by atoms with Crippen LogP contribution in [0.5, 0.6) is 11.5 Å². The van der Waals surface area contributed by atoms with E-state index in [0.717, 1.165) is 20.3 Å². The number of alkyl halides is 1. The monoisotopic (exact) mass is 436 g/mol. The van der Waals surface area contributed by atoms with Gasteiger partial charge in [0.25, 0.3) is 0 Å². The molecule has 0 aromatic heterocycles. The van der Waals surface area contributed by atoms with Gasteiger partial charge in [-0.2, -0.15) is 0 Å². The molecule has 0 fully saturated rings. The molecule has 0 saturated carbocycles. The molecule has 1 atom stereocenters. The van der Waals surface area contributed by atoms with Gasteiger partial charge in [0.05, 0.1) is 24.6 Å². The third-order valence-electron chi connectivity index (χ3n) is 3.28. The van der Waals surface area contributed by atoms with Crippen LogP contribution in [0.15, 0.2) is 30.3 Å². The molecule has 2 nitrogen and oxygen atoms in total. The van der Waals surface area contributed by atoms with E-state index in [1.165, 1.54) is 0 Å². The molecule has 0 aliphatic heterocycles. The Hall–Kier alpha value is -0.650. The van der Waals surface area contributed by atoms with E-state index in [9.17, 15) is 0 Å². The topological polar surface area (TPSA) is 18.5 Å². The summed E-state index contributed by atoms with van der Waals surface area (Å²) in [5, 5.41) is 0.413. The number of benzene rings is 2. The SMILES string of the molecule is COc1cc(C)c(C(Cl)c2ccc(I)c(Cl)c2)cc1OC. The number of rotatable bonds is 4. The molecule has 0 saturated heterocycles. The second kappa shape index (κ2) is 7.07. The van der Waals surface area contributed by atoms with Gasteiger partial charge in [0.15, 0.2) is 11.5 Å². The van der Waals surface area contributed by atoms with Gasteiger partial charge in [-0.3, -0.25) is 0 Å². The van der Waals surface area contributed by atoms with Gasteiger partial charge >= 0.3 is 0 Å². The summed E-state index contributed by atoms with van der Waals surface area (Å²) in [5.74, 6) is 1.36.